The Kier molecular flexibility index (Phi) is 4.98. The largest absolute Gasteiger partial charge is 0.550 e. The number of carbonyl (C=O) groups is 1. The minimum absolute atomic E-state index is 0.373. The first-order chi connectivity index (χ1) is 12.5. The van der Waals surface area contributed by atoms with Gasteiger partial charge in [0.05, 0.1) is 0 Å². The van der Waals surface area contributed by atoms with Gasteiger partial charge in [-0.2, -0.15) is 21.6 Å². The van der Waals surface area contributed by atoms with E-state index < -0.39 is 27.5 Å². The van der Waals surface area contributed by atoms with E-state index in [0.29, 0.717) is 38.0 Å². The van der Waals surface area contributed by atoms with Gasteiger partial charge in [0.2, 0.25) is 0 Å². The SMILES string of the molecule is CC1=C(CN2CC(C(=O)[O-])C2)CCc2cc(OS(=O)(=O)C(F)(F)F)ccc21. The van der Waals surface area contributed by atoms with Crippen LogP contribution in [0.3, 0.4) is 0 Å². The fourth-order valence-electron chi connectivity index (χ4n) is 3.35. The Hall–Kier alpha value is -2.07. The lowest BCUT2D eigenvalue weighted by Gasteiger charge is -2.41. The number of carboxylic acids is 1. The van der Waals surface area contributed by atoms with E-state index in [9.17, 15) is 31.5 Å². The predicted octanol–water partition coefficient (Wildman–Crippen LogP) is 1.32. The maximum Gasteiger partial charge on any atom is 0.534 e. The molecule has 0 bridgehead atoms. The number of carboxylic acid groups (broad SMARTS) is 1. The van der Waals surface area contributed by atoms with E-state index in [4.69, 9.17) is 0 Å². The summed E-state index contributed by atoms with van der Waals surface area (Å²) < 4.78 is 63.8. The predicted molar refractivity (Wildman–Crippen MR) is 87.9 cm³/mol. The zero-order valence-electron chi connectivity index (χ0n) is 14.4. The zero-order valence-corrected chi connectivity index (χ0v) is 15.2. The Balaban J connectivity index is 1.74. The van der Waals surface area contributed by atoms with Crippen LogP contribution in [0.5, 0.6) is 5.75 Å². The van der Waals surface area contributed by atoms with Crippen molar-refractivity contribution < 1.29 is 35.7 Å². The number of benzene rings is 1. The standard InChI is InChI=1S/C17H18F3NO5S/c1-10-12(7-21-8-13(9-21)16(22)23)3-2-11-6-14(4-5-15(10)11)26-27(24,25)17(18,19)20/h4-6,13H,2-3,7-9H2,1H3,(H,22,23)/p-1. The molecule has 3 rings (SSSR count). The Morgan fingerprint density at radius 2 is 1.96 bits per heavy atom. The van der Waals surface area contributed by atoms with E-state index >= 15 is 0 Å². The van der Waals surface area contributed by atoms with Crippen molar-refractivity contribution in [2.75, 3.05) is 19.6 Å². The number of alkyl halides is 3. The van der Waals surface area contributed by atoms with Gasteiger partial charge in [-0.15, -0.1) is 0 Å². The van der Waals surface area contributed by atoms with E-state index in [0.717, 1.165) is 16.7 Å². The molecule has 0 spiro atoms. The number of halogens is 3. The van der Waals surface area contributed by atoms with Crippen molar-refractivity contribution in [2.45, 2.75) is 25.3 Å². The molecule has 148 valence electrons. The summed E-state index contributed by atoms with van der Waals surface area (Å²) >= 11 is 0. The maximum absolute atomic E-state index is 12.4. The summed E-state index contributed by atoms with van der Waals surface area (Å²) in [5.74, 6) is -1.87. The second-order valence-corrected chi connectivity index (χ2v) is 8.28. The number of hydrogen-bond donors (Lipinski definition) is 0. The Morgan fingerprint density at radius 1 is 1.30 bits per heavy atom. The Bertz CT molecular complexity index is 902. The van der Waals surface area contributed by atoms with Crippen molar-refractivity contribution in [3.63, 3.8) is 0 Å². The molecule has 27 heavy (non-hydrogen) atoms. The van der Waals surface area contributed by atoms with Crippen LogP contribution in [0, 0.1) is 5.92 Å². The number of aryl methyl sites for hydroxylation is 1. The molecule has 0 radical (unpaired) electrons. The molecule has 1 aromatic carbocycles. The summed E-state index contributed by atoms with van der Waals surface area (Å²) in [5, 5.41) is 10.8. The van der Waals surface area contributed by atoms with Gasteiger partial charge >= 0.3 is 15.6 Å². The highest BCUT2D eigenvalue weighted by atomic mass is 32.2. The summed E-state index contributed by atoms with van der Waals surface area (Å²) in [5.41, 5.74) is -1.87. The van der Waals surface area contributed by atoms with E-state index in [-0.39, 0.29) is 5.75 Å². The molecule has 2 aliphatic rings. The molecule has 1 aliphatic carbocycles. The van der Waals surface area contributed by atoms with Crippen LogP contribution in [0.25, 0.3) is 5.57 Å². The maximum atomic E-state index is 12.4. The number of nitrogens with zero attached hydrogens (tertiary/aromatic N) is 1. The number of likely N-dealkylation sites (tertiary alicyclic amines) is 1. The number of fused-ring (bicyclic) bond motifs is 1. The summed E-state index contributed by atoms with van der Waals surface area (Å²) in [7, 11) is -5.70. The molecule has 0 amide bonds. The van der Waals surface area contributed by atoms with Crippen LogP contribution in [0.4, 0.5) is 13.2 Å². The van der Waals surface area contributed by atoms with Crippen LogP contribution in [-0.2, 0) is 21.3 Å². The van der Waals surface area contributed by atoms with Crippen LogP contribution in [0.15, 0.2) is 23.8 Å². The molecule has 1 saturated heterocycles. The van der Waals surface area contributed by atoms with Crippen molar-refractivity contribution in [3.8, 4) is 5.75 Å². The minimum Gasteiger partial charge on any atom is -0.550 e. The van der Waals surface area contributed by atoms with Crippen LogP contribution in [0.1, 0.15) is 24.5 Å². The van der Waals surface area contributed by atoms with Gasteiger partial charge in [-0.3, -0.25) is 4.90 Å². The van der Waals surface area contributed by atoms with E-state index in [1.165, 1.54) is 12.1 Å². The quantitative estimate of drug-likeness (QED) is 0.543. The highest BCUT2D eigenvalue weighted by Crippen LogP contribution is 2.35. The molecular weight excluding hydrogens is 387 g/mol. The third-order valence-electron chi connectivity index (χ3n) is 4.90. The van der Waals surface area contributed by atoms with E-state index in [2.05, 4.69) is 4.18 Å². The van der Waals surface area contributed by atoms with Crippen molar-refractivity contribution in [2.24, 2.45) is 5.92 Å². The molecule has 0 saturated carbocycles. The molecule has 6 nitrogen and oxygen atoms in total. The molecule has 0 aromatic heterocycles. The minimum atomic E-state index is -5.70. The van der Waals surface area contributed by atoms with Gasteiger partial charge in [-0.1, -0.05) is 11.6 Å². The molecule has 1 aliphatic heterocycles. The highest BCUT2D eigenvalue weighted by molar-refractivity contribution is 7.88. The summed E-state index contributed by atoms with van der Waals surface area (Å²) in [6.45, 7) is 3.38. The fourth-order valence-corrected chi connectivity index (χ4v) is 3.80. The molecule has 1 heterocycles. The topological polar surface area (TPSA) is 86.7 Å². The number of hydrogen-bond acceptors (Lipinski definition) is 6. The molecule has 0 unspecified atom stereocenters. The number of aliphatic carboxylic acids is 1. The lowest BCUT2D eigenvalue weighted by atomic mass is 9.85. The molecule has 10 heteroatoms. The van der Waals surface area contributed by atoms with Crippen molar-refractivity contribution in [3.05, 3.63) is 34.9 Å². The average Bonchev–Trinajstić information content (AvgIpc) is 2.50. The van der Waals surface area contributed by atoms with Gasteiger partial charge in [-0.25, -0.2) is 0 Å². The van der Waals surface area contributed by atoms with Crippen molar-refractivity contribution in [1.82, 2.24) is 4.90 Å². The van der Waals surface area contributed by atoms with Crippen LogP contribution in [0.2, 0.25) is 0 Å². The molecule has 1 aromatic rings. The van der Waals surface area contributed by atoms with Gasteiger partial charge in [-0.05, 0) is 48.6 Å². The van der Waals surface area contributed by atoms with Crippen molar-refractivity contribution >= 4 is 21.7 Å². The lowest BCUT2D eigenvalue weighted by Crippen LogP contribution is -2.54. The normalized spacial score (nSPS) is 18.8. The van der Waals surface area contributed by atoms with E-state index in [1.807, 2.05) is 11.8 Å². The summed E-state index contributed by atoms with van der Waals surface area (Å²) in [4.78, 5) is 12.8. The van der Waals surface area contributed by atoms with Gasteiger partial charge in [0.1, 0.15) is 5.75 Å². The van der Waals surface area contributed by atoms with Crippen LogP contribution in [-0.4, -0.2) is 44.4 Å². The lowest BCUT2D eigenvalue weighted by molar-refractivity contribution is -0.315. The van der Waals surface area contributed by atoms with Gasteiger partial charge in [0, 0.05) is 31.5 Å². The number of carbonyl (C=O) groups excluding carboxylic acids is 1. The summed E-state index contributed by atoms with van der Waals surface area (Å²) in [6.07, 6.45) is 1.18. The first kappa shape index (κ1) is 19.7. The first-order valence-corrected chi connectivity index (χ1v) is 9.64. The van der Waals surface area contributed by atoms with Crippen LogP contribution >= 0.6 is 0 Å². The van der Waals surface area contributed by atoms with Gasteiger partial charge in [0.25, 0.3) is 0 Å². The monoisotopic (exact) mass is 404 g/mol. The van der Waals surface area contributed by atoms with Crippen molar-refractivity contribution in [1.29, 1.82) is 0 Å². The molecule has 0 atom stereocenters. The zero-order chi connectivity index (χ0) is 20.0. The number of rotatable bonds is 5. The van der Waals surface area contributed by atoms with Gasteiger partial charge in [0.15, 0.2) is 0 Å². The molecular formula is C17H17F3NO5S-. The first-order valence-electron chi connectivity index (χ1n) is 8.24. The molecule has 0 N–H and O–H groups in total. The van der Waals surface area contributed by atoms with Crippen LogP contribution < -0.4 is 9.29 Å². The Morgan fingerprint density at radius 3 is 2.56 bits per heavy atom. The molecule has 1 fully saturated rings. The average molecular weight is 404 g/mol. The Labute approximate surface area is 154 Å². The second kappa shape index (κ2) is 6.83. The van der Waals surface area contributed by atoms with Gasteiger partial charge < -0.3 is 14.1 Å². The fraction of sp³-hybridized carbons (Fsp3) is 0.471. The third-order valence-corrected chi connectivity index (χ3v) is 5.88. The summed E-state index contributed by atoms with van der Waals surface area (Å²) in [6, 6.07) is 4.06. The smallest absolute Gasteiger partial charge is 0.534 e. The second-order valence-electron chi connectivity index (χ2n) is 6.74. The third kappa shape index (κ3) is 3.96. The number of allylic oxidation sites excluding steroid dienone is 1. The van der Waals surface area contributed by atoms with E-state index in [1.54, 1.807) is 6.07 Å². The highest BCUT2D eigenvalue weighted by Gasteiger charge is 2.48.